The molecule has 20 heavy (non-hydrogen) atoms. The maximum atomic E-state index is 5.11. The molecular weight excluding hydrogens is 272 g/mol. The number of ether oxygens (including phenoxy) is 1. The lowest BCUT2D eigenvalue weighted by Gasteiger charge is -2.15. The van der Waals surface area contributed by atoms with Crippen molar-refractivity contribution in [2.45, 2.75) is 6.54 Å². The van der Waals surface area contributed by atoms with Crippen molar-refractivity contribution in [3.05, 3.63) is 41.5 Å². The Bertz CT molecular complexity index is 695. The molecule has 0 saturated heterocycles. The van der Waals surface area contributed by atoms with Crippen LogP contribution in [0.25, 0.3) is 10.2 Å². The summed E-state index contributed by atoms with van der Waals surface area (Å²) >= 11 is 1.69. The highest BCUT2D eigenvalue weighted by molar-refractivity contribution is 7.18. The normalized spacial score (nSPS) is 10.7. The molecular formula is C14H14N4OS. The number of thiazole rings is 1. The number of nitrogens with zero attached hydrogens (tertiary/aromatic N) is 4. The lowest BCUT2D eigenvalue weighted by atomic mass is 10.3. The maximum Gasteiger partial charge on any atom is 0.228 e. The number of anilines is 1. The monoisotopic (exact) mass is 286 g/mol. The fourth-order valence-corrected chi connectivity index (χ4v) is 2.91. The number of aromatic nitrogens is 3. The standard InChI is InChI=1S/C14H14N4OS/c1-18(14-15-8-7-12(17-14)19-2)9-13-16-10-5-3-4-6-11(10)20-13/h3-8H,9H2,1-2H3. The molecule has 0 unspecified atom stereocenters. The first-order chi connectivity index (χ1) is 9.76. The van der Waals surface area contributed by atoms with Crippen LogP contribution in [0.15, 0.2) is 36.5 Å². The predicted octanol–water partition coefficient (Wildman–Crippen LogP) is 2.73. The number of rotatable bonds is 4. The van der Waals surface area contributed by atoms with E-state index in [0.29, 0.717) is 18.4 Å². The SMILES string of the molecule is COc1ccnc(N(C)Cc2nc3ccccc3s2)n1. The van der Waals surface area contributed by atoms with Crippen LogP contribution in [0.1, 0.15) is 5.01 Å². The molecule has 0 amide bonds. The zero-order chi connectivity index (χ0) is 13.9. The van der Waals surface area contributed by atoms with E-state index in [9.17, 15) is 0 Å². The fraction of sp³-hybridized carbons (Fsp3) is 0.214. The highest BCUT2D eigenvalue weighted by atomic mass is 32.1. The predicted molar refractivity (Wildman–Crippen MR) is 80.3 cm³/mol. The third-order valence-electron chi connectivity index (χ3n) is 2.88. The highest BCUT2D eigenvalue weighted by Crippen LogP contribution is 2.23. The van der Waals surface area contributed by atoms with Crippen molar-refractivity contribution >= 4 is 27.5 Å². The second-order valence-corrected chi connectivity index (χ2v) is 5.45. The molecule has 0 N–H and O–H groups in total. The third kappa shape index (κ3) is 2.55. The number of hydrogen-bond acceptors (Lipinski definition) is 6. The second kappa shape index (κ2) is 5.42. The Balaban J connectivity index is 1.82. The van der Waals surface area contributed by atoms with Crippen LogP contribution in [-0.4, -0.2) is 29.1 Å². The second-order valence-electron chi connectivity index (χ2n) is 4.33. The van der Waals surface area contributed by atoms with Crippen molar-refractivity contribution in [2.24, 2.45) is 0 Å². The Morgan fingerprint density at radius 3 is 2.85 bits per heavy atom. The van der Waals surface area contributed by atoms with E-state index in [0.717, 1.165) is 10.5 Å². The van der Waals surface area contributed by atoms with E-state index in [2.05, 4.69) is 21.0 Å². The molecule has 0 aliphatic rings. The van der Waals surface area contributed by atoms with Crippen molar-refractivity contribution in [3.63, 3.8) is 0 Å². The van der Waals surface area contributed by atoms with Gasteiger partial charge in [-0.25, -0.2) is 9.97 Å². The van der Waals surface area contributed by atoms with Crippen molar-refractivity contribution in [2.75, 3.05) is 19.1 Å². The molecule has 3 rings (SSSR count). The molecule has 3 aromatic rings. The van der Waals surface area contributed by atoms with Crippen molar-refractivity contribution in [3.8, 4) is 5.88 Å². The van der Waals surface area contributed by atoms with Gasteiger partial charge in [-0.2, -0.15) is 4.98 Å². The Labute approximate surface area is 120 Å². The summed E-state index contributed by atoms with van der Waals surface area (Å²) in [6, 6.07) is 9.87. The van der Waals surface area contributed by atoms with Gasteiger partial charge in [-0.15, -0.1) is 11.3 Å². The van der Waals surface area contributed by atoms with Gasteiger partial charge in [0.2, 0.25) is 11.8 Å². The molecule has 6 heteroatoms. The number of para-hydroxylation sites is 1. The summed E-state index contributed by atoms with van der Waals surface area (Å²) in [6.45, 7) is 0.673. The summed E-state index contributed by atoms with van der Waals surface area (Å²) in [4.78, 5) is 15.1. The number of fused-ring (bicyclic) bond motifs is 1. The van der Waals surface area contributed by atoms with Gasteiger partial charge in [0.1, 0.15) is 5.01 Å². The summed E-state index contributed by atoms with van der Waals surface area (Å²) < 4.78 is 6.31. The van der Waals surface area contributed by atoms with Gasteiger partial charge in [-0.05, 0) is 12.1 Å². The van der Waals surface area contributed by atoms with Gasteiger partial charge in [0.15, 0.2) is 0 Å². The summed E-state index contributed by atoms with van der Waals surface area (Å²) in [5.41, 5.74) is 1.03. The minimum atomic E-state index is 0.561. The number of hydrogen-bond donors (Lipinski definition) is 0. The summed E-state index contributed by atoms with van der Waals surface area (Å²) in [7, 11) is 3.54. The van der Waals surface area contributed by atoms with E-state index in [1.807, 2.05) is 30.1 Å². The van der Waals surface area contributed by atoms with Gasteiger partial charge in [0.25, 0.3) is 0 Å². The van der Waals surface area contributed by atoms with Gasteiger partial charge in [-0.3, -0.25) is 0 Å². The van der Waals surface area contributed by atoms with Crippen LogP contribution in [0.3, 0.4) is 0 Å². The van der Waals surface area contributed by atoms with Gasteiger partial charge in [-0.1, -0.05) is 12.1 Å². The van der Waals surface area contributed by atoms with Crippen LogP contribution >= 0.6 is 11.3 Å². The molecule has 0 bridgehead atoms. The first kappa shape index (κ1) is 12.8. The minimum Gasteiger partial charge on any atom is -0.481 e. The molecule has 0 spiro atoms. The Morgan fingerprint density at radius 2 is 2.05 bits per heavy atom. The Hall–Kier alpha value is -2.21. The number of benzene rings is 1. The third-order valence-corrected chi connectivity index (χ3v) is 3.90. The average molecular weight is 286 g/mol. The summed E-state index contributed by atoms with van der Waals surface area (Å²) in [6.07, 6.45) is 1.69. The van der Waals surface area contributed by atoms with Crippen LogP contribution < -0.4 is 9.64 Å². The maximum absolute atomic E-state index is 5.11. The molecule has 5 nitrogen and oxygen atoms in total. The van der Waals surface area contributed by atoms with E-state index in [1.165, 1.54) is 4.70 Å². The smallest absolute Gasteiger partial charge is 0.228 e. The fourth-order valence-electron chi connectivity index (χ4n) is 1.89. The quantitative estimate of drug-likeness (QED) is 0.738. The molecule has 102 valence electrons. The van der Waals surface area contributed by atoms with Crippen LogP contribution in [0.4, 0.5) is 5.95 Å². The molecule has 0 atom stereocenters. The van der Waals surface area contributed by atoms with Crippen LogP contribution in [-0.2, 0) is 6.54 Å². The zero-order valence-corrected chi connectivity index (χ0v) is 12.1. The summed E-state index contributed by atoms with van der Waals surface area (Å²) in [5, 5.41) is 1.04. The molecule has 2 heterocycles. The topological polar surface area (TPSA) is 51.1 Å². The van der Waals surface area contributed by atoms with E-state index < -0.39 is 0 Å². The van der Waals surface area contributed by atoms with Crippen LogP contribution in [0.5, 0.6) is 5.88 Å². The Morgan fingerprint density at radius 1 is 1.20 bits per heavy atom. The van der Waals surface area contributed by atoms with E-state index in [4.69, 9.17) is 4.74 Å². The molecule has 2 aromatic heterocycles. The highest BCUT2D eigenvalue weighted by Gasteiger charge is 2.10. The lowest BCUT2D eigenvalue weighted by molar-refractivity contribution is 0.397. The molecule has 0 fully saturated rings. The largest absolute Gasteiger partial charge is 0.481 e. The molecule has 1 aromatic carbocycles. The average Bonchev–Trinajstić information content (AvgIpc) is 2.89. The summed E-state index contributed by atoms with van der Waals surface area (Å²) in [5.74, 6) is 1.19. The molecule has 0 aliphatic heterocycles. The van der Waals surface area contributed by atoms with Crippen molar-refractivity contribution < 1.29 is 4.74 Å². The van der Waals surface area contributed by atoms with Crippen molar-refractivity contribution in [1.82, 2.24) is 15.0 Å². The van der Waals surface area contributed by atoms with Crippen molar-refractivity contribution in [1.29, 1.82) is 0 Å². The first-order valence-corrected chi connectivity index (χ1v) is 7.00. The molecule has 0 radical (unpaired) electrons. The van der Waals surface area contributed by atoms with E-state index >= 15 is 0 Å². The van der Waals surface area contributed by atoms with E-state index in [-0.39, 0.29) is 0 Å². The molecule has 0 saturated carbocycles. The molecule has 0 aliphatic carbocycles. The van der Waals surface area contributed by atoms with Gasteiger partial charge >= 0.3 is 0 Å². The van der Waals surface area contributed by atoms with Gasteiger partial charge < -0.3 is 9.64 Å². The van der Waals surface area contributed by atoms with Gasteiger partial charge in [0.05, 0.1) is 23.9 Å². The zero-order valence-electron chi connectivity index (χ0n) is 11.3. The first-order valence-electron chi connectivity index (χ1n) is 6.19. The lowest BCUT2D eigenvalue weighted by Crippen LogP contribution is -2.19. The van der Waals surface area contributed by atoms with E-state index in [1.54, 1.807) is 30.7 Å². The van der Waals surface area contributed by atoms with Gasteiger partial charge in [0, 0.05) is 19.3 Å². The Kier molecular flexibility index (Phi) is 3.47. The minimum absolute atomic E-state index is 0.561. The number of methoxy groups -OCH3 is 1. The van der Waals surface area contributed by atoms with Crippen LogP contribution in [0.2, 0.25) is 0 Å². The van der Waals surface area contributed by atoms with Crippen LogP contribution in [0, 0.1) is 0 Å².